The fourth-order valence-electron chi connectivity index (χ4n) is 4.27. The van der Waals surface area contributed by atoms with Crippen LogP contribution in [0.5, 0.6) is 0 Å². The number of ketones is 3. The third-order valence-electron chi connectivity index (χ3n) is 7.86. The largest absolute Gasteiger partial charge is 0.379 e. The van der Waals surface area contributed by atoms with Gasteiger partial charge in [-0.2, -0.15) is 5.26 Å². The van der Waals surface area contributed by atoms with Gasteiger partial charge in [-0.05, 0) is 126 Å². The number of nitrogens with one attached hydrogen (secondary N) is 2. The number of nitrogens with zero attached hydrogens (tertiary/aromatic N) is 1. The molecule has 258 valence electrons. The summed E-state index contributed by atoms with van der Waals surface area (Å²) < 4.78 is 5.01. The molecule has 7 nitrogen and oxygen atoms in total. The van der Waals surface area contributed by atoms with E-state index in [0.717, 1.165) is 59.1 Å². The molecule has 2 heterocycles. The predicted molar refractivity (Wildman–Crippen MR) is 215 cm³/mol. The molecule has 2 aromatic carbocycles. The summed E-state index contributed by atoms with van der Waals surface area (Å²) in [5, 5.41) is 15.7. The number of rotatable bonds is 6. The molecule has 1 aliphatic rings. The number of halogens is 2. The van der Waals surface area contributed by atoms with E-state index in [1.54, 1.807) is 18.3 Å². The average Bonchev–Trinajstić information content (AvgIpc) is 3.36. The Morgan fingerprint density at radius 1 is 0.851 bits per heavy atom. The molecule has 3 aromatic rings. The van der Waals surface area contributed by atoms with Crippen molar-refractivity contribution in [1.82, 2.24) is 5.32 Å². The molecule has 0 amide bonds. The summed E-state index contributed by atoms with van der Waals surface area (Å²) in [7, 11) is 1.87. The minimum absolute atomic E-state index is 0.0397. The Kier molecular flexibility index (Phi) is 22.9. The van der Waals surface area contributed by atoms with Gasteiger partial charge >= 0.3 is 0 Å². The molecule has 1 fully saturated rings. The van der Waals surface area contributed by atoms with E-state index in [2.05, 4.69) is 75.6 Å². The Morgan fingerprint density at radius 2 is 1.28 bits per heavy atom. The highest BCUT2D eigenvalue weighted by atomic mass is 128. The second kappa shape index (κ2) is 24.0. The zero-order valence-corrected chi connectivity index (χ0v) is 34.9. The molecule has 1 aromatic heterocycles. The van der Waals surface area contributed by atoms with E-state index in [9.17, 15) is 14.4 Å². The maximum Gasteiger partial charge on any atom is 0.196 e. The van der Waals surface area contributed by atoms with Crippen LogP contribution >= 0.6 is 48.6 Å². The van der Waals surface area contributed by atoms with Crippen LogP contribution in [0.25, 0.3) is 0 Å². The van der Waals surface area contributed by atoms with Crippen molar-refractivity contribution in [3.05, 3.63) is 84.8 Å². The molecule has 4 rings (SSSR count). The van der Waals surface area contributed by atoms with E-state index in [-0.39, 0.29) is 23.8 Å². The second-order valence-electron chi connectivity index (χ2n) is 11.2. The first-order valence-corrected chi connectivity index (χ1v) is 22.6. The van der Waals surface area contributed by atoms with Gasteiger partial charge in [0.2, 0.25) is 0 Å². The number of Topliss-reactive ketones (excluding diaryl/α,β-unsaturated/α-hetero) is 2. The van der Waals surface area contributed by atoms with Gasteiger partial charge in [0.1, 0.15) is 5.78 Å². The molecule has 0 atom stereocenters. The van der Waals surface area contributed by atoms with Crippen molar-refractivity contribution in [3.8, 4) is 6.07 Å². The SMILES string of the molecule is C1COCCN1.CCC(C)=O.CNc1sc(C)c(C)c1C(=O)c1cc(C)c(C)c(C)c1.Cc1cc(C(=O)CC#N)cc(C)c1C.II. The third kappa shape index (κ3) is 15.3. The van der Waals surface area contributed by atoms with Gasteiger partial charge in [0, 0.05) is 79.8 Å². The van der Waals surface area contributed by atoms with Crippen molar-refractivity contribution in [3.63, 3.8) is 0 Å². The van der Waals surface area contributed by atoms with E-state index in [0.29, 0.717) is 12.0 Å². The number of hydrogen-bond donors (Lipinski definition) is 2. The van der Waals surface area contributed by atoms with Crippen LogP contribution in [0.4, 0.5) is 5.00 Å². The molecule has 0 spiro atoms. The van der Waals surface area contributed by atoms with Gasteiger partial charge in [0.25, 0.3) is 0 Å². The molecule has 0 radical (unpaired) electrons. The summed E-state index contributed by atoms with van der Waals surface area (Å²) in [5.74, 6) is 0.270. The van der Waals surface area contributed by atoms with E-state index in [1.807, 2.05) is 72.0 Å². The van der Waals surface area contributed by atoms with Gasteiger partial charge in [-0.1, -0.05) is 6.92 Å². The number of carbonyl (C=O) groups is 3. The highest BCUT2D eigenvalue weighted by molar-refractivity contribution is 15.0. The van der Waals surface area contributed by atoms with E-state index in [1.165, 1.54) is 27.1 Å². The first-order chi connectivity index (χ1) is 22.2. The molecule has 0 aliphatic carbocycles. The zero-order valence-electron chi connectivity index (χ0n) is 29.8. The molecular weight excluding hydrogens is 836 g/mol. The van der Waals surface area contributed by atoms with Crippen molar-refractivity contribution < 1.29 is 19.1 Å². The number of thiophene rings is 1. The maximum absolute atomic E-state index is 12.8. The number of anilines is 1. The Morgan fingerprint density at radius 3 is 1.60 bits per heavy atom. The lowest BCUT2D eigenvalue weighted by Crippen LogP contribution is -2.30. The van der Waals surface area contributed by atoms with Crippen molar-refractivity contribution in [2.75, 3.05) is 38.7 Å². The molecule has 47 heavy (non-hydrogen) atoms. The Bertz CT molecular complexity index is 1460. The molecular formula is C37H51I2N3O4S. The van der Waals surface area contributed by atoms with E-state index >= 15 is 0 Å². The summed E-state index contributed by atoms with van der Waals surface area (Å²) in [5.41, 5.74) is 10.3. The number of hydrogen-bond acceptors (Lipinski definition) is 8. The van der Waals surface area contributed by atoms with E-state index in [4.69, 9.17) is 10.00 Å². The summed E-state index contributed by atoms with van der Waals surface area (Å²) in [4.78, 5) is 35.3. The summed E-state index contributed by atoms with van der Waals surface area (Å²) in [6.07, 6.45) is 0.627. The lowest BCUT2D eigenvalue weighted by molar-refractivity contribution is -0.116. The minimum atomic E-state index is -0.0984. The van der Waals surface area contributed by atoms with Gasteiger partial charge in [-0.25, -0.2) is 0 Å². The number of carbonyl (C=O) groups excluding carboxylic acids is 3. The van der Waals surface area contributed by atoms with Gasteiger partial charge in [-0.15, -0.1) is 11.3 Å². The number of morpholine rings is 1. The average molecular weight is 888 g/mol. The predicted octanol–water partition coefficient (Wildman–Crippen LogP) is 9.63. The van der Waals surface area contributed by atoms with Crippen LogP contribution in [0.1, 0.15) is 96.8 Å². The maximum atomic E-state index is 12.8. The van der Waals surface area contributed by atoms with Crippen LogP contribution in [0, 0.1) is 66.7 Å². The lowest BCUT2D eigenvalue weighted by atomic mass is 9.95. The van der Waals surface area contributed by atoms with Crippen LogP contribution in [0.2, 0.25) is 0 Å². The lowest BCUT2D eigenvalue weighted by Gasteiger charge is -2.10. The zero-order chi connectivity index (χ0) is 36.3. The summed E-state index contributed by atoms with van der Waals surface area (Å²) >= 11 is 5.88. The minimum Gasteiger partial charge on any atom is -0.379 e. The Hall–Kier alpha value is -2.18. The highest BCUT2D eigenvalue weighted by Gasteiger charge is 2.21. The number of benzene rings is 2. The quantitative estimate of drug-likeness (QED) is 0.188. The normalized spacial score (nSPS) is 11.4. The van der Waals surface area contributed by atoms with E-state index < -0.39 is 0 Å². The van der Waals surface area contributed by atoms with Gasteiger partial charge in [0.15, 0.2) is 11.6 Å². The van der Waals surface area contributed by atoms with Crippen molar-refractivity contribution >= 4 is 70.9 Å². The Labute approximate surface area is 310 Å². The fraction of sp³-hybridized carbons (Fsp3) is 0.459. The number of ether oxygens (including phenoxy) is 1. The van der Waals surface area contributed by atoms with Crippen LogP contribution < -0.4 is 10.6 Å². The van der Waals surface area contributed by atoms with Crippen LogP contribution in [0.3, 0.4) is 0 Å². The molecule has 1 saturated heterocycles. The number of nitriles is 1. The molecule has 10 heteroatoms. The fourth-order valence-corrected chi connectivity index (χ4v) is 5.29. The standard InChI is InChI=1S/C17H21NOS.C12H13NO.C4H9NO.C4H8O.I2/c1-9-7-14(8-10(2)11(9)3)16(19)15-12(4)13(5)20-17(15)18-6;1-8-6-11(12(14)4-5-13)7-9(2)10(8)3;1-3-6-4-2-5-1;1-3-4(2)5;1-2/h7-8,18H,1-6H3;6-7H,4H2,1-3H3;5H,1-4H2;3H2,1-2H3;. The van der Waals surface area contributed by atoms with Crippen molar-refractivity contribution in [2.24, 2.45) is 0 Å². The first kappa shape index (κ1) is 44.8. The third-order valence-corrected chi connectivity index (χ3v) is 9.09. The topological polar surface area (TPSA) is 108 Å². The van der Waals surface area contributed by atoms with Crippen molar-refractivity contribution in [1.29, 1.82) is 5.26 Å². The molecule has 0 unspecified atom stereocenters. The second-order valence-corrected chi connectivity index (χ2v) is 12.4. The highest BCUT2D eigenvalue weighted by Crippen LogP contribution is 2.34. The molecule has 0 bridgehead atoms. The smallest absolute Gasteiger partial charge is 0.196 e. The molecule has 1 aliphatic heterocycles. The van der Waals surface area contributed by atoms with Crippen LogP contribution in [-0.4, -0.2) is 50.7 Å². The molecule has 2 N–H and O–H groups in total. The monoisotopic (exact) mass is 887 g/mol. The van der Waals surface area contributed by atoms with Gasteiger partial charge in [-0.3, -0.25) is 9.59 Å². The Balaban J connectivity index is 0.000000674. The van der Waals surface area contributed by atoms with Gasteiger partial charge < -0.3 is 20.2 Å². The van der Waals surface area contributed by atoms with Crippen molar-refractivity contribution in [2.45, 2.75) is 82.1 Å². The molecule has 0 saturated carbocycles. The summed E-state index contributed by atoms with van der Waals surface area (Å²) in [6, 6.07) is 9.56. The van der Waals surface area contributed by atoms with Crippen LogP contribution in [0.15, 0.2) is 24.3 Å². The number of aryl methyl sites for hydroxylation is 5. The van der Waals surface area contributed by atoms with Crippen LogP contribution in [-0.2, 0) is 9.53 Å². The first-order valence-electron chi connectivity index (χ1n) is 15.5. The van der Waals surface area contributed by atoms with Gasteiger partial charge in [0.05, 0.1) is 36.3 Å². The summed E-state index contributed by atoms with van der Waals surface area (Å²) in [6.45, 7) is 23.5.